The van der Waals surface area contributed by atoms with Crippen LogP contribution < -0.4 is 4.74 Å². The summed E-state index contributed by atoms with van der Waals surface area (Å²) >= 11 is 0. The van der Waals surface area contributed by atoms with E-state index in [0.717, 1.165) is 12.1 Å². The van der Waals surface area contributed by atoms with E-state index in [1.807, 2.05) is 0 Å². The Morgan fingerprint density at radius 3 is 2.41 bits per heavy atom. The second-order valence-corrected chi connectivity index (χ2v) is 6.70. The van der Waals surface area contributed by atoms with Crippen molar-refractivity contribution in [3.8, 4) is 5.75 Å². The molecule has 2 rings (SSSR count). The largest absolute Gasteiger partial charge is 0.573 e. The van der Waals surface area contributed by atoms with Crippen molar-refractivity contribution in [1.82, 2.24) is 4.90 Å². The lowest BCUT2D eigenvalue weighted by Crippen LogP contribution is -2.48. The summed E-state index contributed by atoms with van der Waals surface area (Å²) in [6.45, 7) is 1.93. The summed E-state index contributed by atoms with van der Waals surface area (Å²) in [6.07, 6.45) is -5.53. The number of ether oxygens (including phenoxy) is 2. The molecular weight excluding hydrogens is 395 g/mol. The number of amides is 1. The summed E-state index contributed by atoms with van der Waals surface area (Å²) in [5.74, 6) is -1.77. The number of piperidine rings is 1. The van der Waals surface area contributed by atoms with Crippen LogP contribution in [0.5, 0.6) is 5.75 Å². The maximum absolute atomic E-state index is 12.3. The quantitative estimate of drug-likeness (QED) is 0.540. The molecule has 0 aliphatic carbocycles. The van der Waals surface area contributed by atoms with Gasteiger partial charge >= 0.3 is 18.4 Å². The zero-order valence-electron chi connectivity index (χ0n) is 15.8. The van der Waals surface area contributed by atoms with Crippen molar-refractivity contribution in [3.05, 3.63) is 29.8 Å². The average molecular weight is 417 g/mol. The fourth-order valence-electron chi connectivity index (χ4n) is 3.39. The lowest BCUT2D eigenvalue weighted by molar-refractivity contribution is -0.274. The first-order valence-corrected chi connectivity index (χ1v) is 9.11. The summed E-state index contributed by atoms with van der Waals surface area (Å²) in [4.78, 5) is 36.6. The Morgan fingerprint density at radius 1 is 1.21 bits per heavy atom. The minimum atomic E-state index is -4.79. The molecule has 1 aromatic rings. The van der Waals surface area contributed by atoms with E-state index in [-0.39, 0.29) is 43.9 Å². The highest BCUT2D eigenvalue weighted by Crippen LogP contribution is 2.28. The van der Waals surface area contributed by atoms with Crippen LogP contribution in [-0.4, -0.2) is 53.4 Å². The number of rotatable bonds is 7. The molecule has 1 saturated heterocycles. The van der Waals surface area contributed by atoms with Gasteiger partial charge in [-0.15, -0.1) is 13.2 Å². The van der Waals surface area contributed by atoms with Crippen LogP contribution in [0.3, 0.4) is 0 Å². The van der Waals surface area contributed by atoms with E-state index in [9.17, 15) is 32.7 Å². The topological polar surface area (TPSA) is 93.1 Å². The molecule has 2 unspecified atom stereocenters. The molecule has 0 bridgehead atoms. The number of ketones is 1. The summed E-state index contributed by atoms with van der Waals surface area (Å²) in [7, 11) is 0. The van der Waals surface area contributed by atoms with Gasteiger partial charge in [-0.05, 0) is 43.9 Å². The van der Waals surface area contributed by atoms with Gasteiger partial charge in [0.25, 0.3) is 0 Å². The van der Waals surface area contributed by atoms with Crippen LogP contribution in [0.4, 0.5) is 18.0 Å². The highest BCUT2D eigenvalue weighted by molar-refractivity contribution is 5.96. The minimum Gasteiger partial charge on any atom is -0.466 e. The lowest BCUT2D eigenvalue weighted by atomic mass is 9.84. The first kappa shape index (κ1) is 22.5. The highest BCUT2D eigenvalue weighted by atomic mass is 19.4. The van der Waals surface area contributed by atoms with Crippen LogP contribution in [0.25, 0.3) is 0 Å². The molecule has 29 heavy (non-hydrogen) atoms. The van der Waals surface area contributed by atoms with Crippen LogP contribution in [0, 0.1) is 5.92 Å². The van der Waals surface area contributed by atoms with Crippen molar-refractivity contribution >= 4 is 17.8 Å². The Bertz CT molecular complexity index is 734. The molecule has 0 spiro atoms. The van der Waals surface area contributed by atoms with Crippen molar-refractivity contribution in [3.63, 3.8) is 0 Å². The van der Waals surface area contributed by atoms with E-state index < -0.39 is 30.4 Å². The van der Waals surface area contributed by atoms with Crippen molar-refractivity contribution in [2.24, 2.45) is 5.92 Å². The minimum absolute atomic E-state index is 0.133. The van der Waals surface area contributed by atoms with E-state index in [0.29, 0.717) is 12.0 Å². The number of carboxylic acid groups (broad SMARTS) is 1. The van der Waals surface area contributed by atoms with Crippen LogP contribution in [0.2, 0.25) is 0 Å². The third-order valence-corrected chi connectivity index (χ3v) is 4.67. The number of esters is 1. The Kier molecular flexibility index (Phi) is 7.46. The Balaban J connectivity index is 2.05. The third kappa shape index (κ3) is 6.95. The fraction of sp³-hybridized carbons (Fsp3) is 0.526. The second-order valence-electron chi connectivity index (χ2n) is 6.70. The van der Waals surface area contributed by atoms with Gasteiger partial charge in [0.2, 0.25) is 0 Å². The second kappa shape index (κ2) is 9.62. The number of Topliss-reactive ketones (excluding diaryl/α,β-unsaturated/α-hetero) is 1. The number of alkyl halides is 3. The molecule has 1 aliphatic heterocycles. The molecule has 1 heterocycles. The Labute approximate surface area is 165 Å². The molecule has 160 valence electrons. The van der Waals surface area contributed by atoms with E-state index in [1.165, 1.54) is 17.0 Å². The monoisotopic (exact) mass is 417 g/mol. The molecule has 0 radical (unpaired) electrons. The normalized spacial score (nSPS) is 19.5. The lowest BCUT2D eigenvalue weighted by Gasteiger charge is -2.37. The molecule has 7 nitrogen and oxygen atoms in total. The zero-order chi connectivity index (χ0) is 21.6. The Morgan fingerprint density at radius 2 is 1.86 bits per heavy atom. The maximum Gasteiger partial charge on any atom is 0.573 e. The number of benzene rings is 1. The maximum atomic E-state index is 12.3. The van der Waals surface area contributed by atoms with Crippen LogP contribution in [0.1, 0.15) is 31.7 Å². The molecule has 1 fully saturated rings. The number of carbonyl (C=O) groups is 3. The first-order valence-electron chi connectivity index (χ1n) is 9.11. The van der Waals surface area contributed by atoms with Crippen molar-refractivity contribution < 1.29 is 42.1 Å². The summed E-state index contributed by atoms with van der Waals surface area (Å²) in [6, 6.07) is 4.61. The van der Waals surface area contributed by atoms with E-state index in [4.69, 9.17) is 4.74 Å². The van der Waals surface area contributed by atoms with Crippen LogP contribution in [-0.2, 0) is 20.7 Å². The van der Waals surface area contributed by atoms with Gasteiger partial charge in [0.15, 0.2) is 0 Å². The third-order valence-electron chi connectivity index (χ3n) is 4.67. The number of nitrogens with zero attached hydrogens (tertiary/aromatic N) is 1. The van der Waals surface area contributed by atoms with Gasteiger partial charge < -0.3 is 19.5 Å². The summed E-state index contributed by atoms with van der Waals surface area (Å²) < 4.78 is 45.4. The van der Waals surface area contributed by atoms with Gasteiger partial charge in [0.05, 0.1) is 6.61 Å². The summed E-state index contributed by atoms with van der Waals surface area (Å²) in [5.41, 5.74) is 0.606. The highest BCUT2D eigenvalue weighted by Gasteiger charge is 2.35. The van der Waals surface area contributed by atoms with Crippen molar-refractivity contribution in [2.45, 2.75) is 45.0 Å². The Hall–Kier alpha value is -2.78. The van der Waals surface area contributed by atoms with Gasteiger partial charge in [-0.25, -0.2) is 4.79 Å². The van der Waals surface area contributed by atoms with Gasteiger partial charge in [-0.2, -0.15) is 0 Å². The molecule has 1 aliphatic rings. The molecular formula is C19H22F3NO6. The number of carbonyl (C=O) groups excluding carboxylic acids is 2. The van der Waals surface area contributed by atoms with Gasteiger partial charge in [-0.3, -0.25) is 9.59 Å². The smallest absolute Gasteiger partial charge is 0.466 e. The van der Waals surface area contributed by atoms with Crippen molar-refractivity contribution in [2.75, 3.05) is 13.2 Å². The zero-order valence-corrected chi connectivity index (χ0v) is 15.8. The van der Waals surface area contributed by atoms with E-state index in [2.05, 4.69) is 4.74 Å². The fourth-order valence-corrected chi connectivity index (χ4v) is 3.39. The predicted molar refractivity (Wildman–Crippen MR) is 94.3 cm³/mol. The molecule has 1 amide bonds. The molecule has 10 heteroatoms. The van der Waals surface area contributed by atoms with E-state index in [1.54, 1.807) is 6.92 Å². The predicted octanol–water partition coefficient (Wildman–Crippen LogP) is 3.41. The van der Waals surface area contributed by atoms with Crippen LogP contribution >= 0.6 is 0 Å². The number of likely N-dealkylation sites (tertiary alicyclic amines) is 1. The number of hydrogen-bond donors (Lipinski definition) is 1. The molecule has 0 saturated carbocycles. The van der Waals surface area contributed by atoms with Crippen molar-refractivity contribution in [1.29, 1.82) is 0 Å². The number of hydrogen-bond acceptors (Lipinski definition) is 5. The van der Waals surface area contributed by atoms with Gasteiger partial charge in [0.1, 0.15) is 18.0 Å². The molecule has 1 N–H and O–H groups in total. The van der Waals surface area contributed by atoms with E-state index >= 15 is 0 Å². The first-order chi connectivity index (χ1) is 13.6. The molecule has 0 aromatic heterocycles. The van der Waals surface area contributed by atoms with Gasteiger partial charge in [-0.1, -0.05) is 12.1 Å². The SMILES string of the molecule is CCOC(=O)CC(=O)C1CCN(C(=O)O)C(Cc2ccc(OC(F)(F)F)cc2)C1. The summed E-state index contributed by atoms with van der Waals surface area (Å²) in [5, 5.41) is 9.42. The van der Waals surface area contributed by atoms with Crippen LogP contribution in [0.15, 0.2) is 24.3 Å². The standard InChI is InChI=1S/C19H22F3NO6/c1-2-28-17(25)11-16(24)13-7-8-23(18(26)27)14(10-13)9-12-3-5-15(6-4-12)29-19(20,21)22/h3-6,13-14H,2,7-11H2,1H3,(H,26,27). The van der Waals surface area contributed by atoms with Gasteiger partial charge in [0, 0.05) is 18.5 Å². The molecule has 1 aromatic carbocycles. The number of halogens is 3. The average Bonchev–Trinajstić information content (AvgIpc) is 2.62. The molecule has 2 atom stereocenters.